The normalized spacial score (nSPS) is 14.6. The fraction of sp³-hybridized carbons (Fsp3) is 0.500. The van der Waals surface area contributed by atoms with E-state index in [0.29, 0.717) is 36.7 Å². The molecule has 1 fully saturated rings. The van der Waals surface area contributed by atoms with Gasteiger partial charge in [-0.25, -0.2) is 0 Å². The van der Waals surface area contributed by atoms with Crippen LogP contribution in [0.2, 0.25) is 0 Å². The second-order valence-electron chi connectivity index (χ2n) is 4.93. The summed E-state index contributed by atoms with van der Waals surface area (Å²) in [5, 5.41) is 3.88. The van der Waals surface area contributed by atoms with Crippen molar-refractivity contribution in [1.82, 2.24) is 15.0 Å². The Balaban J connectivity index is 1.64. The minimum Gasteiger partial charge on any atom is -0.465 e. The zero-order valence-corrected chi connectivity index (χ0v) is 11.8. The highest BCUT2D eigenvalue weighted by atomic mass is 16.5. The maximum Gasteiger partial charge on any atom is 0.320 e. The molecule has 0 N–H and O–H groups in total. The summed E-state index contributed by atoms with van der Waals surface area (Å²) in [5.41, 5.74) is 0. The summed E-state index contributed by atoms with van der Waals surface area (Å²) in [7, 11) is 0. The monoisotopic (exact) mass is 291 g/mol. The first-order valence-electron chi connectivity index (χ1n) is 7.02. The highest BCUT2D eigenvalue weighted by Gasteiger charge is 2.32. The predicted octanol–water partition coefficient (Wildman–Crippen LogP) is 1.86. The quantitative estimate of drug-likeness (QED) is 0.720. The van der Waals surface area contributed by atoms with E-state index in [9.17, 15) is 4.79 Å². The average Bonchev–Trinajstić information content (AvgIpc) is 2.98. The number of rotatable bonds is 7. The van der Waals surface area contributed by atoms with Crippen molar-refractivity contribution in [3.8, 4) is 11.6 Å². The first-order chi connectivity index (χ1) is 10.3. The van der Waals surface area contributed by atoms with Crippen molar-refractivity contribution >= 4 is 5.97 Å². The number of nitrogens with zero attached hydrogens (tertiary/aromatic N) is 3. The SMILES string of the molecule is CCOC(=O)CN(Cc1nc(-c2ccco2)no1)C1CC1. The molecule has 21 heavy (non-hydrogen) atoms. The third-order valence-electron chi connectivity index (χ3n) is 3.25. The van der Waals surface area contributed by atoms with Crippen molar-refractivity contribution in [2.75, 3.05) is 13.2 Å². The molecule has 0 amide bonds. The van der Waals surface area contributed by atoms with Gasteiger partial charge in [-0.2, -0.15) is 4.98 Å². The van der Waals surface area contributed by atoms with E-state index < -0.39 is 0 Å². The third-order valence-corrected chi connectivity index (χ3v) is 3.25. The van der Waals surface area contributed by atoms with Crippen LogP contribution >= 0.6 is 0 Å². The lowest BCUT2D eigenvalue weighted by molar-refractivity contribution is -0.144. The van der Waals surface area contributed by atoms with E-state index >= 15 is 0 Å². The van der Waals surface area contributed by atoms with Crippen molar-refractivity contribution in [3.63, 3.8) is 0 Å². The standard InChI is InChI=1S/C14H17N3O4/c1-2-19-13(18)9-17(10-5-6-10)8-12-15-14(16-21-12)11-4-3-7-20-11/h3-4,7,10H,2,5-6,8-9H2,1H3. The smallest absolute Gasteiger partial charge is 0.320 e. The van der Waals surface area contributed by atoms with Gasteiger partial charge < -0.3 is 13.7 Å². The van der Waals surface area contributed by atoms with Gasteiger partial charge in [-0.3, -0.25) is 9.69 Å². The number of esters is 1. The van der Waals surface area contributed by atoms with Crippen LogP contribution in [-0.2, 0) is 16.1 Å². The Kier molecular flexibility index (Phi) is 4.01. The van der Waals surface area contributed by atoms with Crippen molar-refractivity contribution in [2.24, 2.45) is 0 Å². The fourth-order valence-electron chi connectivity index (χ4n) is 2.12. The molecule has 7 nitrogen and oxygen atoms in total. The van der Waals surface area contributed by atoms with Crippen molar-refractivity contribution in [3.05, 3.63) is 24.3 Å². The van der Waals surface area contributed by atoms with Crippen LogP contribution in [0.1, 0.15) is 25.7 Å². The number of carbonyl (C=O) groups is 1. The number of carbonyl (C=O) groups excluding carboxylic acids is 1. The van der Waals surface area contributed by atoms with Gasteiger partial charge in [0.05, 0.1) is 26.0 Å². The molecule has 0 aliphatic heterocycles. The summed E-state index contributed by atoms with van der Waals surface area (Å²) in [6.45, 7) is 2.88. The number of hydrogen-bond donors (Lipinski definition) is 0. The van der Waals surface area contributed by atoms with Gasteiger partial charge >= 0.3 is 5.97 Å². The largest absolute Gasteiger partial charge is 0.465 e. The second kappa shape index (κ2) is 6.09. The van der Waals surface area contributed by atoms with E-state index in [1.165, 1.54) is 0 Å². The second-order valence-corrected chi connectivity index (χ2v) is 4.93. The van der Waals surface area contributed by atoms with Crippen LogP contribution in [0.15, 0.2) is 27.3 Å². The molecule has 0 atom stereocenters. The Hall–Kier alpha value is -2.15. The average molecular weight is 291 g/mol. The highest BCUT2D eigenvalue weighted by molar-refractivity contribution is 5.71. The summed E-state index contributed by atoms with van der Waals surface area (Å²) in [6, 6.07) is 3.93. The number of hydrogen-bond acceptors (Lipinski definition) is 7. The van der Waals surface area contributed by atoms with E-state index in [-0.39, 0.29) is 12.5 Å². The van der Waals surface area contributed by atoms with E-state index in [1.54, 1.807) is 25.3 Å². The Morgan fingerprint density at radius 3 is 3.05 bits per heavy atom. The molecular formula is C14H17N3O4. The zero-order chi connectivity index (χ0) is 14.7. The van der Waals surface area contributed by atoms with Gasteiger partial charge in [-0.05, 0) is 31.9 Å². The molecule has 3 rings (SSSR count). The third kappa shape index (κ3) is 3.49. The lowest BCUT2D eigenvalue weighted by Gasteiger charge is -2.18. The van der Waals surface area contributed by atoms with Gasteiger partial charge in [0.1, 0.15) is 0 Å². The van der Waals surface area contributed by atoms with Crippen molar-refractivity contribution in [2.45, 2.75) is 32.4 Å². The van der Waals surface area contributed by atoms with E-state index in [1.807, 2.05) is 4.90 Å². The van der Waals surface area contributed by atoms with E-state index in [4.69, 9.17) is 13.7 Å². The van der Waals surface area contributed by atoms with Crippen LogP contribution in [-0.4, -0.2) is 40.2 Å². The Labute approximate surface area is 121 Å². The zero-order valence-electron chi connectivity index (χ0n) is 11.8. The summed E-state index contributed by atoms with van der Waals surface area (Å²) in [5.74, 6) is 1.23. The fourth-order valence-corrected chi connectivity index (χ4v) is 2.12. The van der Waals surface area contributed by atoms with Crippen LogP contribution in [0, 0.1) is 0 Å². The van der Waals surface area contributed by atoms with Gasteiger partial charge in [-0.1, -0.05) is 5.16 Å². The molecule has 0 aromatic carbocycles. The number of ether oxygens (including phenoxy) is 1. The molecule has 1 aliphatic rings. The summed E-state index contributed by atoms with van der Waals surface area (Å²) < 4.78 is 15.4. The molecule has 1 aliphatic carbocycles. The molecule has 0 radical (unpaired) electrons. The Bertz CT molecular complexity index is 589. The topological polar surface area (TPSA) is 81.6 Å². The summed E-state index contributed by atoms with van der Waals surface area (Å²) in [4.78, 5) is 17.9. The van der Waals surface area contributed by atoms with Crippen LogP contribution in [0.5, 0.6) is 0 Å². The molecule has 2 heterocycles. The molecule has 1 saturated carbocycles. The lowest BCUT2D eigenvalue weighted by atomic mass is 10.4. The molecule has 0 unspecified atom stereocenters. The number of aromatic nitrogens is 2. The Morgan fingerprint density at radius 1 is 1.52 bits per heavy atom. The van der Waals surface area contributed by atoms with Crippen LogP contribution < -0.4 is 0 Å². The minimum absolute atomic E-state index is 0.227. The summed E-state index contributed by atoms with van der Waals surface area (Å²) >= 11 is 0. The van der Waals surface area contributed by atoms with Crippen LogP contribution in [0.4, 0.5) is 0 Å². The highest BCUT2D eigenvalue weighted by Crippen LogP contribution is 2.28. The van der Waals surface area contributed by atoms with Crippen LogP contribution in [0.3, 0.4) is 0 Å². The molecule has 7 heteroatoms. The molecule has 0 saturated heterocycles. The maximum atomic E-state index is 11.6. The molecule has 0 spiro atoms. The van der Waals surface area contributed by atoms with Crippen molar-refractivity contribution < 1.29 is 18.5 Å². The van der Waals surface area contributed by atoms with Gasteiger partial charge in [0.15, 0.2) is 5.76 Å². The van der Waals surface area contributed by atoms with Crippen LogP contribution in [0.25, 0.3) is 11.6 Å². The lowest BCUT2D eigenvalue weighted by Crippen LogP contribution is -2.32. The summed E-state index contributed by atoms with van der Waals surface area (Å²) in [6.07, 6.45) is 3.72. The first kappa shape index (κ1) is 13.8. The number of furan rings is 1. The molecule has 0 bridgehead atoms. The van der Waals surface area contributed by atoms with E-state index in [2.05, 4.69) is 10.1 Å². The predicted molar refractivity (Wildman–Crippen MR) is 72.1 cm³/mol. The van der Waals surface area contributed by atoms with Crippen molar-refractivity contribution in [1.29, 1.82) is 0 Å². The minimum atomic E-state index is -0.227. The van der Waals surface area contributed by atoms with Gasteiger partial charge in [0.2, 0.25) is 11.7 Å². The Morgan fingerprint density at radius 2 is 2.38 bits per heavy atom. The molecule has 112 valence electrons. The van der Waals surface area contributed by atoms with Gasteiger partial charge in [-0.15, -0.1) is 0 Å². The van der Waals surface area contributed by atoms with Gasteiger partial charge in [0, 0.05) is 6.04 Å². The van der Waals surface area contributed by atoms with Gasteiger partial charge in [0.25, 0.3) is 0 Å². The maximum absolute atomic E-state index is 11.6. The first-order valence-corrected chi connectivity index (χ1v) is 7.02. The molecular weight excluding hydrogens is 274 g/mol. The molecule has 2 aromatic rings. The van der Waals surface area contributed by atoms with E-state index in [0.717, 1.165) is 12.8 Å². The molecule has 2 aromatic heterocycles.